The van der Waals surface area contributed by atoms with Crippen LogP contribution in [0, 0.1) is 0 Å². The molecular formula is C15H21ClN4. The van der Waals surface area contributed by atoms with E-state index in [1.54, 1.807) is 0 Å². The number of alkyl halides is 1. The van der Waals surface area contributed by atoms with Crippen LogP contribution in [0.25, 0.3) is 5.65 Å². The maximum atomic E-state index is 6.19. The Bertz CT molecular complexity index is 593. The third-order valence-corrected chi connectivity index (χ3v) is 4.21. The van der Waals surface area contributed by atoms with Crippen LogP contribution in [0.5, 0.6) is 0 Å². The maximum absolute atomic E-state index is 6.19. The van der Waals surface area contributed by atoms with Crippen LogP contribution in [0.3, 0.4) is 0 Å². The van der Waals surface area contributed by atoms with Gasteiger partial charge in [-0.05, 0) is 39.1 Å². The number of fused-ring (bicyclic) bond motifs is 1. The lowest BCUT2D eigenvalue weighted by Crippen LogP contribution is -2.38. The quantitative estimate of drug-likeness (QED) is 0.810. The molecule has 0 spiro atoms. The van der Waals surface area contributed by atoms with Crippen molar-refractivity contribution in [3.8, 4) is 0 Å². The minimum atomic E-state index is 0.492. The van der Waals surface area contributed by atoms with Crippen molar-refractivity contribution in [3.63, 3.8) is 0 Å². The third kappa shape index (κ3) is 2.38. The lowest BCUT2D eigenvalue weighted by atomic mass is 10.2. The standard InChI is InChI=1S/C15H21ClN4/c1-18(2)11-12-6-5-9-19(12)15-13(10-16)20-8-4-3-7-14(20)17-15/h3-4,7-8,12H,5-6,9-11H2,1-2H3. The highest BCUT2D eigenvalue weighted by Gasteiger charge is 2.29. The largest absolute Gasteiger partial charge is 0.351 e. The Hall–Kier alpha value is -1.26. The topological polar surface area (TPSA) is 23.8 Å². The van der Waals surface area contributed by atoms with E-state index in [1.807, 2.05) is 24.4 Å². The first-order chi connectivity index (χ1) is 9.70. The summed E-state index contributed by atoms with van der Waals surface area (Å²) in [7, 11) is 4.26. The molecule has 1 atom stereocenters. The van der Waals surface area contributed by atoms with Crippen molar-refractivity contribution in [1.82, 2.24) is 14.3 Å². The van der Waals surface area contributed by atoms with E-state index in [9.17, 15) is 0 Å². The molecule has 20 heavy (non-hydrogen) atoms. The van der Waals surface area contributed by atoms with Gasteiger partial charge in [-0.15, -0.1) is 11.6 Å². The molecule has 1 aliphatic heterocycles. The molecule has 5 heteroatoms. The fraction of sp³-hybridized carbons (Fsp3) is 0.533. The first kappa shape index (κ1) is 13.7. The summed E-state index contributed by atoms with van der Waals surface area (Å²) < 4.78 is 2.10. The minimum absolute atomic E-state index is 0.492. The van der Waals surface area contributed by atoms with Crippen LogP contribution in [0.2, 0.25) is 0 Å². The molecule has 0 radical (unpaired) electrons. The molecule has 0 N–H and O–H groups in total. The van der Waals surface area contributed by atoms with Crippen molar-refractivity contribution < 1.29 is 0 Å². The summed E-state index contributed by atoms with van der Waals surface area (Å²) in [5.41, 5.74) is 2.08. The predicted molar refractivity (Wildman–Crippen MR) is 83.7 cm³/mol. The number of likely N-dealkylation sites (N-methyl/N-ethyl adjacent to an activating group) is 1. The smallest absolute Gasteiger partial charge is 0.152 e. The van der Waals surface area contributed by atoms with Crippen LogP contribution in [0.4, 0.5) is 5.82 Å². The van der Waals surface area contributed by atoms with Gasteiger partial charge in [0.15, 0.2) is 5.82 Å². The van der Waals surface area contributed by atoms with Crippen molar-refractivity contribution in [2.75, 3.05) is 32.1 Å². The van der Waals surface area contributed by atoms with E-state index in [2.05, 4.69) is 28.3 Å². The van der Waals surface area contributed by atoms with Gasteiger partial charge in [0.1, 0.15) is 5.65 Å². The van der Waals surface area contributed by atoms with E-state index in [0.717, 1.165) is 30.2 Å². The summed E-state index contributed by atoms with van der Waals surface area (Å²) in [5.74, 6) is 1.56. The van der Waals surface area contributed by atoms with Gasteiger partial charge in [0, 0.05) is 25.3 Å². The second-order valence-corrected chi connectivity index (χ2v) is 5.96. The van der Waals surface area contributed by atoms with E-state index < -0.39 is 0 Å². The molecule has 2 aromatic rings. The summed E-state index contributed by atoms with van der Waals surface area (Å²) in [6.07, 6.45) is 4.50. The van der Waals surface area contributed by atoms with E-state index in [0.29, 0.717) is 11.9 Å². The first-order valence-electron chi connectivity index (χ1n) is 7.14. The number of hydrogen-bond donors (Lipinski definition) is 0. The van der Waals surface area contributed by atoms with Gasteiger partial charge >= 0.3 is 0 Å². The molecule has 3 rings (SSSR count). The second kappa shape index (κ2) is 5.62. The maximum Gasteiger partial charge on any atom is 0.152 e. The zero-order chi connectivity index (χ0) is 14.1. The molecule has 3 heterocycles. The number of rotatable bonds is 4. The molecule has 1 unspecified atom stereocenters. The fourth-order valence-electron chi connectivity index (χ4n) is 3.11. The first-order valence-corrected chi connectivity index (χ1v) is 7.67. The number of imidazole rings is 1. The Kier molecular flexibility index (Phi) is 3.85. The summed E-state index contributed by atoms with van der Waals surface area (Å²) in [6.45, 7) is 2.14. The number of halogens is 1. The average molecular weight is 293 g/mol. The van der Waals surface area contributed by atoms with Crippen LogP contribution in [0.15, 0.2) is 24.4 Å². The van der Waals surface area contributed by atoms with Gasteiger partial charge in [-0.1, -0.05) is 6.07 Å². The Morgan fingerprint density at radius 1 is 1.40 bits per heavy atom. The van der Waals surface area contributed by atoms with Gasteiger partial charge in [-0.25, -0.2) is 4.98 Å². The molecule has 108 valence electrons. The molecule has 1 aliphatic rings. The van der Waals surface area contributed by atoms with Crippen LogP contribution in [0.1, 0.15) is 18.5 Å². The van der Waals surface area contributed by atoms with Crippen molar-refractivity contribution in [2.24, 2.45) is 0 Å². The van der Waals surface area contributed by atoms with Gasteiger partial charge in [-0.2, -0.15) is 0 Å². The van der Waals surface area contributed by atoms with Crippen molar-refractivity contribution in [3.05, 3.63) is 30.1 Å². The van der Waals surface area contributed by atoms with E-state index in [1.165, 1.54) is 12.8 Å². The highest BCUT2D eigenvalue weighted by Crippen LogP contribution is 2.30. The number of aromatic nitrogens is 2. The minimum Gasteiger partial charge on any atom is -0.351 e. The Balaban J connectivity index is 2.00. The molecule has 1 saturated heterocycles. The van der Waals surface area contributed by atoms with Gasteiger partial charge in [0.05, 0.1) is 11.6 Å². The molecule has 4 nitrogen and oxygen atoms in total. The molecule has 2 aromatic heterocycles. The van der Waals surface area contributed by atoms with Gasteiger partial charge in [0.25, 0.3) is 0 Å². The van der Waals surface area contributed by atoms with Crippen LogP contribution in [-0.4, -0.2) is 47.5 Å². The van der Waals surface area contributed by atoms with Crippen molar-refractivity contribution >= 4 is 23.1 Å². The number of hydrogen-bond acceptors (Lipinski definition) is 3. The zero-order valence-corrected chi connectivity index (χ0v) is 12.8. The summed E-state index contributed by atoms with van der Waals surface area (Å²) in [6, 6.07) is 6.62. The molecule has 0 bridgehead atoms. The molecular weight excluding hydrogens is 272 g/mol. The van der Waals surface area contributed by atoms with E-state index in [4.69, 9.17) is 16.6 Å². The normalized spacial score (nSPS) is 19.4. The Morgan fingerprint density at radius 2 is 2.25 bits per heavy atom. The highest BCUT2D eigenvalue weighted by molar-refractivity contribution is 6.17. The Morgan fingerprint density at radius 3 is 3.00 bits per heavy atom. The highest BCUT2D eigenvalue weighted by atomic mass is 35.5. The predicted octanol–water partition coefficient (Wildman–Crippen LogP) is 2.60. The van der Waals surface area contributed by atoms with Crippen LogP contribution >= 0.6 is 11.6 Å². The SMILES string of the molecule is CN(C)CC1CCCN1c1nc2ccccn2c1CCl. The number of nitrogens with zero attached hydrogens (tertiary/aromatic N) is 4. The Labute approximate surface area is 125 Å². The third-order valence-electron chi connectivity index (χ3n) is 3.96. The van der Waals surface area contributed by atoms with Crippen molar-refractivity contribution in [1.29, 1.82) is 0 Å². The van der Waals surface area contributed by atoms with Gasteiger partial charge in [-0.3, -0.25) is 0 Å². The molecule has 1 fully saturated rings. The number of pyridine rings is 1. The average Bonchev–Trinajstić information content (AvgIpc) is 3.00. The summed E-state index contributed by atoms with van der Waals surface area (Å²) in [4.78, 5) is 9.49. The van der Waals surface area contributed by atoms with Crippen molar-refractivity contribution in [2.45, 2.75) is 24.8 Å². The lowest BCUT2D eigenvalue weighted by Gasteiger charge is -2.27. The fourth-order valence-corrected chi connectivity index (χ4v) is 3.36. The summed E-state index contributed by atoms with van der Waals surface area (Å²) >= 11 is 6.19. The van der Waals surface area contributed by atoms with Gasteiger partial charge in [0.2, 0.25) is 0 Å². The number of anilines is 1. The van der Waals surface area contributed by atoms with Crippen LogP contribution in [-0.2, 0) is 5.88 Å². The van der Waals surface area contributed by atoms with Gasteiger partial charge < -0.3 is 14.2 Å². The second-order valence-electron chi connectivity index (χ2n) is 5.70. The monoisotopic (exact) mass is 292 g/mol. The van der Waals surface area contributed by atoms with Crippen LogP contribution < -0.4 is 4.90 Å². The molecule has 0 saturated carbocycles. The van der Waals surface area contributed by atoms with E-state index in [-0.39, 0.29) is 0 Å². The molecule has 0 aliphatic carbocycles. The molecule has 0 aromatic carbocycles. The lowest BCUT2D eigenvalue weighted by molar-refractivity contribution is 0.371. The summed E-state index contributed by atoms with van der Waals surface area (Å²) in [5, 5.41) is 0. The van der Waals surface area contributed by atoms with E-state index >= 15 is 0 Å². The molecule has 0 amide bonds. The zero-order valence-electron chi connectivity index (χ0n) is 12.1.